The van der Waals surface area contributed by atoms with Gasteiger partial charge in [-0.3, -0.25) is 9.59 Å². The molecule has 0 aromatic carbocycles. The maximum atomic E-state index is 12.6. The number of pyridine rings is 1. The van der Waals surface area contributed by atoms with Crippen molar-refractivity contribution in [3.8, 4) is 0 Å². The lowest BCUT2D eigenvalue weighted by atomic mass is 10.2. The first-order chi connectivity index (χ1) is 9.61. The highest BCUT2D eigenvalue weighted by Gasteiger charge is 2.35. The normalized spacial score (nSPS) is 11.1. The highest BCUT2D eigenvalue weighted by Crippen LogP contribution is 2.20. The third kappa shape index (κ3) is 5.33. The molecule has 0 saturated heterocycles. The van der Waals surface area contributed by atoms with E-state index >= 15 is 0 Å². The van der Waals surface area contributed by atoms with Gasteiger partial charge >= 0.3 is 6.18 Å². The molecule has 0 aliphatic heterocycles. The van der Waals surface area contributed by atoms with Crippen molar-refractivity contribution in [1.82, 2.24) is 14.8 Å². The Kier molecular flexibility index (Phi) is 5.70. The lowest BCUT2D eigenvalue weighted by Gasteiger charge is -2.25. The number of likely N-dealkylation sites (N-methyl/N-ethyl adjacent to an activating group) is 1. The minimum atomic E-state index is -4.60. The zero-order valence-corrected chi connectivity index (χ0v) is 12.9. The smallest absolute Gasteiger partial charge is 0.347 e. The van der Waals surface area contributed by atoms with E-state index in [-0.39, 0.29) is 10.2 Å². The van der Waals surface area contributed by atoms with E-state index in [0.717, 1.165) is 4.90 Å². The number of alkyl halides is 3. The Labute approximate surface area is 127 Å². The minimum Gasteiger partial charge on any atom is -0.347 e. The summed E-state index contributed by atoms with van der Waals surface area (Å²) >= 11 is 3.00. The van der Waals surface area contributed by atoms with E-state index in [1.54, 1.807) is 0 Å². The molecule has 116 valence electrons. The number of carbonyl (C=O) groups excluding carboxylic acids is 2. The molecule has 2 amide bonds. The van der Waals surface area contributed by atoms with Gasteiger partial charge in [0.2, 0.25) is 5.91 Å². The molecule has 0 bridgehead atoms. The molecule has 5 nitrogen and oxygen atoms in total. The van der Waals surface area contributed by atoms with Gasteiger partial charge in [-0.2, -0.15) is 13.2 Å². The van der Waals surface area contributed by atoms with Crippen molar-refractivity contribution in [2.45, 2.75) is 6.18 Å². The number of nitrogens with zero attached hydrogens (tertiary/aromatic N) is 3. The SMILES string of the molecule is CN(C)C(=O)CN(CC(F)(F)F)C(=O)c1cccnc1Br. The van der Waals surface area contributed by atoms with E-state index in [1.807, 2.05) is 0 Å². The number of halogens is 4. The topological polar surface area (TPSA) is 53.5 Å². The van der Waals surface area contributed by atoms with Crippen LogP contribution in [0.1, 0.15) is 10.4 Å². The Morgan fingerprint density at radius 3 is 2.43 bits per heavy atom. The number of carbonyl (C=O) groups is 2. The Hall–Kier alpha value is -1.64. The third-order valence-corrected chi connectivity index (χ3v) is 3.10. The summed E-state index contributed by atoms with van der Waals surface area (Å²) in [5, 5.41) is 0. The summed E-state index contributed by atoms with van der Waals surface area (Å²) in [4.78, 5) is 29.1. The molecular weight excluding hydrogens is 355 g/mol. The van der Waals surface area contributed by atoms with Gasteiger partial charge in [0.15, 0.2) is 0 Å². The van der Waals surface area contributed by atoms with Crippen molar-refractivity contribution in [3.63, 3.8) is 0 Å². The maximum absolute atomic E-state index is 12.6. The average Bonchev–Trinajstić information content (AvgIpc) is 2.36. The van der Waals surface area contributed by atoms with Crippen molar-refractivity contribution < 1.29 is 22.8 Å². The summed E-state index contributed by atoms with van der Waals surface area (Å²) in [6.07, 6.45) is -3.21. The Balaban J connectivity index is 3.03. The van der Waals surface area contributed by atoms with E-state index < -0.39 is 31.1 Å². The van der Waals surface area contributed by atoms with Gasteiger partial charge in [0.05, 0.1) is 5.56 Å². The molecule has 0 spiro atoms. The third-order valence-electron chi connectivity index (χ3n) is 2.47. The van der Waals surface area contributed by atoms with Crippen LogP contribution < -0.4 is 0 Å². The van der Waals surface area contributed by atoms with Crippen molar-refractivity contribution in [2.75, 3.05) is 27.2 Å². The summed E-state index contributed by atoms with van der Waals surface area (Å²) in [7, 11) is 2.80. The number of rotatable bonds is 4. The van der Waals surface area contributed by atoms with E-state index in [2.05, 4.69) is 20.9 Å². The van der Waals surface area contributed by atoms with Crippen molar-refractivity contribution >= 4 is 27.7 Å². The van der Waals surface area contributed by atoms with E-state index in [9.17, 15) is 22.8 Å². The molecule has 0 aliphatic rings. The van der Waals surface area contributed by atoms with Crippen molar-refractivity contribution in [3.05, 3.63) is 28.5 Å². The number of amides is 2. The molecule has 0 unspecified atom stereocenters. The van der Waals surface area contributed by atoms with Crippen molar-refractivity contribution in [1.29, 1.82) is 0 Å². The van der Waals surface area contributed by atoms with Crippen LogP contribution in [0, 0.1) is 0 Å². The highest BCUT2D eigenvalue weighted by molar-refractivity contribution is 9.10. The van der Waals surface area contributed by atoms with Gasteiger partial charge in [-0.05, 0) is 28.1 Å². The molecule has 0 fully saturated rings. The summed E-state index contributed by atoms with van der Waals surface area (Å²) in [6, 6.07) is 2.76. The first-order valence-electron chi connectivity index (χ1n) is 5.78. The molecule has 1 aromatic heterocycles. The quantitative estimate of drug-likeness (QED) is 0.764. The predicted octanol–water partition coefficient (Wildman–Crippen LogP) is 1.94. The molecule has 21 heavy (non-hydrogen) atoms. The summed E-state index contributed by atoms with van der Waals surface area (Å²) < 4.78 is 37.9. The molecule has 9 heteroatoms. The van der Waals surface area contributed by atoms with Crippen LogP contribution in [0.15, 0.2) is 22.9 Å². The fourth-order valence-corrected chi connectivity index (χ4v) is 1.86. The summed E-state index contributed by atoms with van der Waals surface area (Å²) in [6.45, 7) is -2.17. The minimum absolute atomic E-state index is 0.0340. The van der Waals surface area contributed by atoms with Crippen molar-refractivity contribution in [2.24, 2.45) is 0 Å². The number of aromatic nitrogens is 1. The standard InChI is InChI=1S/C12H13BrF3N3O2/c1-18(2)9(20)6-19(7-12(14,15)16)11(21)8-4-3-5-17-10(8)13/h3-5H,6-7H2,1-2H3. The zero-order valence-electron chi connectivity index (χ0n) is 11.3. The first kappa shape index (κ1) is 17.4. The fourth-order valence-electron chi connectivity index (χ4n) is 1.44. The lowest BCUT2D eigenvalue weighted by Crippen LogP contribution is -2.45. The van der Waals surface area contributed by atoms with Gasteiger partial charge in [-0.1, -0.05) is 0 Å². The molecular formula is C12H13BrF3N3O2. The first-order valence-corrected chi connectivity index (χ1v) is 6.58. The van der Waals surface area contributed by atoms with Crippen LogP contribution in [0.4, 0.5) is 13.2 Å². The Bertz CT molecular complexity index is 535. The average molecular weight is 368 g/mol. The highest BCUT2D eigenvalue weighted by atomic mass is 79.9. The lowest BCUT2D eigenvalue weighted by molar-refractivity contribution is -0.146. The van der Waals surface area contributed by atoms with Crippen LogP contribution in [0.25, 0.3) is 0 Å². The van der Waals surface area contributed by atoms with Gasteiger partial charge in [-0.25, -0.2) is 4.98 Å². The Morgan fingerprint density at radius 1 is 1.33 bits per heavy atom. The monoisotopic (exact) mass is 367 g/mol. The van der Waals surface area contributed by atoms with Crippen LogP contribution in [0.3, 0.4) is 0 Å². The van der Waals surface area contributed by atoms with Crippen LogP contribution in [-0.2, 0) is 4.79 Å². The number of hydrogen-bond acceptors (Lipinski definition) is 3. The largest absolute Gasteiger partial charge is 0.406 e. The summed E-state index contributed by atoms with van der Waals surface area (Å²) in [5.74, 6) is -1.52. The van der Waals surface area contributed by atoms with E-state index in [4.69, 9.17) is 0 Å². The van der Waals surface area contributed by atoms with Crippen LogP contribution in [0.2, 0.25) is 0 Å². The molecule has 1 aromatic rings. The zero-order chi connectivity index (χ0) is 16.2. The van der Waals surface area contributed by atoms with Gasteiger partial charge in [0.1, 0.15) is 17.7 Å². The molecule has 0 N–H and O–H groups in total. The molecule has 1 heterocycles. The van der Waals surface area contributed by atoms with Gasteiger partial charge in [-0.15, -0.1) is 0 Å². The molecule has 0 aliphatic carbocycles. The van der Waals surface area contributed by atoms with Crippen LogP contribution in [0.5, 0.6) is 0 Å². The van der Waals surface area contributed by atoms with Gasteiger partial charge in [0, 0.05) is 20.3 Å². The molecule has 0 saturated carbocycles. The summed E-state index contributed by atoms with van der Waals surface area (Å²) in [5.41, 5.74) is -0.0340. The van der Waals surface area contributed by atoms with Gasteiger partial charge in [0.25, 0.3) is 5.91 Å². The van der Waals surface area contributed by atoms with E-state index in [1.165, 1.54) is 32.4 Å². The number of hydrogen-bond donors (Lipinski definition) is 0. The molecule has 0 radical (unpaired) electrons. The molecule has 0 atom stereocenters. The van der Waals surface area contributed by atoms with Crippen LogP contribution >= 0.6 is 15.9 Å². The fraction of sp³-hybridized carbons (Fsp3) is 0.417. The second-order valence-corrected chi connectivity index (χ2v) is 5.16. The maximum Gasteiger partial charge on any atom is 0.406 e. The second-order valence-electron chi connectivity index (χ2n) is 4.41. The second kappa shape index (κ2) is 6.88. The Morgan fingerprint density at radius 2 is 1.95 bits per heavy atom. The van der Waals surface area contributed by atoms with Crippen LogP contribution in [-0.4, -0.2) is 60.0 Å². The van der Waals surface area contributed by atoms with Gasteiger partial charge < -0.3 is 9.80 Å². The molecule has 1 rings (SSSR count). The van der Waals surface area contributed by atoms with E-state index in [0.29, 0.717) is 4.90 Å². The predicted molar refractivity (Wildman–Crippen MR) is 72.6 cm³/mol.